The van der Waals surface area contributed by atoms with Gasteiger partial charge in [0.05, 0.1) is 10.6 Å². The molecule has 0 aromatic heterocycles. The molecule has 2 aromatic rings. The third-order valence-corrected chi connectivity index (χ3v) is 8.02. The van der Waals surface area contributed by atoms with Crippen LogP contribution in [0, 0.1) is 0 Å². The summed E-state index contributed by atoms with van der Waals surface area (Å²) in [5, 5.41) is 0.372. The summed E-state index contributed by atoms with van der Waals surface area (Å²) in [6, 6.07) is 11.9. The maximum Gasteiger partial charge on any atom is 0.274 e. The van der Waals surface area contributed by atoms with Crippen molar-refractivity contribution in [2.75, 3.05) is 41.9 Å². The number of amides is 1. The molecule has 0 unspecified atom stereocenters. The molecule has 4 rings (SSSR count). The van der Waals surface area contributed by atoms with Gasteiger partial charge in [-0.3, -0.25) is 9.10 Å². The van der Waals surface area contributed by atoms with Gasteiger partial charge in [-0.25, -0.2) is 8.42 Å². The van der Waals surface area contributed by atoms with Gasteiger partial charge in [0.25, 0.3) is 19.7 Å². The number of benzene rings is 2. The van der Waals surface area contributed by atoms with Crippen molar-refractivity contribution in [2.45, 2.75) is 15.1 Å². The molecule has 1 amide bonds. The lowest BCUT2D eigenvalue weighted by Crippen LogP contribution is -2.52. The van der Waals surface area contributed by atoms with Crippen LogP contribution in [-0.4, -0.2) is 55.7 Å². The summed E-state index contributed by atoms with van der Waals surface area (Å²) >= 11 is 23.2. The standard InChI is InChI=1S/C20H19Cl4N3O3S/c21-14-3-1-4-15(13-14)31(29,30)27-8-7-16-17(5-2-6-18(16)27)25-9-11-26(12-10-25)19(28)20(22,23)24/h1-6,13H,7-12H2. The van der Waals surface area contributed by atoms with Crippen LogP contribution in [0.5, 0.6) is 0 Å². The maximum atomic E-state index is 13.2. The van der Waals surface area contributed by atoms with Gasteiger partial charge in [-0.15, -0.1) is 0 Å². The molecule has 2 aliphatic heterocycles. The predicted molar refractivity (Wildman–Crippen MR) is 125 cm³/mol. The first-order chi connectivity index (χ1) is 14.6. The van der Waals surface area contributed by atoms with Crippen molar-refractivity contribution < 1.29 is 13.2 Å². The number of carbonyl (C=O) groups excluding carboxylic acids is 1. The highest BCUT2D eigenvalue weighted by Crippen LogP contribution is 2.39. The number of rotatable bonds is 3. The van der Waals surface area contributed by atoms with Crippen LogP contribution in [0.3, 0.4) is 0 Å². The number of fused-ring (bicyclic) bond motifs is 1. The molecule has 0 atom stereocenters. The molecule has 0 spiro atoms. The SMILES string of the molecule is O=C(N1CCN(c2cccc3c2CCN3S(=O)(=O)c2cccc(Cl)c2)CC1)C(Cl)(Cl)Cl. The van der Waals surface area contributed by atoms with E-state index in [9.17, 15) is 13.2 Å². The Bertz CT molecular complexity index is 1110. The van der Waals surface area contributed by atoms with E-state index in [0.717, 1.165) is 11.3 Å². The number of sulfonamides is 1. The third kappa shape index (κ3) is 4.44. The van der Waals surface area contributed by atoms with Crippen LogP contribution in [0.4, 0.5) is 11.4 Å². The van der Waals surface area contributed by atoms with Crippen LogP contribution in [0.25, 0.3) is 0 Å². The zero-order valence-corrected chi connectivity index (χ0v) is 20.1. The lowest BCUT2D eigenvalue weighted by molar-refractivity contribution is -0.130. The summed E-state index contributed by atoms with van der Waals surface area (Å²) in [4.78, 5) is 16.0. The number of nitrogens with zero attached hydrogens (tertiary/aromatic N) is 3. The topological polar surface area (TPSA) is 60.9 Å². The number of alkyl halides is 3. The number of anilines is 2. The Kier molecular flexibility index (Phi) is 6.27. The molecular formula is C20H19Cl4N3O3S. The van der Waals surface area contributed by atoms with Crippen molar-refractivity contribution in [2.24, 2.45) is 0 Å². The first kappa shape index (κ1) is 22.8. The normalized spacial score (nSPS) is 17.1. The van der Waals surface area contributed by atoms with Crippen LogP contribution in [0.15, 0.2) is 47.4 Å². The van der Waals surface area contributed by atoms with Crippen LogP contribution < -0.4 is 9.21 Å². The first-order valence-corrected chi connectivity index (χ1v) is 12.6. The van der Waals surface area contributed by atoms with Crippen molar-refractivity contribution in [3.05, 3.63) is 53.1 Å². The minimum absolute atomic E-state index is 0.164. The van der Waals surface area contributed by atoms with E-state index >= 15 is 0 Å². The molecule has 31 heavy (non-hydrogen) atoms. The second-order valence-electron chi connectivity index (χ2n) is 7.34. The van der Waals surface area contributed by atoms with E-state index in [-0.39, 0.29) is 4.90 Å². The monoisotopic (exact) mass is 521 g/mol. The van der Waals surface area contributed by atoms with Crippen molar-refractivity contribution in [3.63, 3.8) is 0 Å². The van der Waals surface area contributed by atoms with Gasteiger partial charge in [0.2, 0.25) is 0 Å². The van der Waals surface area contributed by atoms with E-state index in [1.54, 1.807) is 18.2 Å². The minimum atomic E-state index is -3.72. The first-order valence-electron chi connectivity index (χ1n) is 9.60. The maximum absolute atomic E-state index is 13.2. The van der Waals surface area contributed by atoms with Gasteiger partial charge in [-0.05, 0) is 36.8 Å². The smallest absolute Gasteiger partial charge is 0.274 e. The molecule has 1 saturated heterocycles. The molecule has 166 valence electrons. The molecule has 6 nitrogen and oxygen atoms in total. The van der Waals surface area contributed by atoms with E-state index < -0.39 is 19.7 Å². The summed E-state index contributed by atoms with van der Waals surface area (Å²) in [7, 11) is -3.72. The van der Waals surface area contributed by atoms with Crippen LogP contribution in [0.2, 0.25) is 5.02 Å². The zero-order valence-electron chi connectivity index (χ0n) is 16.3. The highest BCUT2D eigenvalue weighted by atomic mass is 35.6. The molecule has 2 aromatic carbocycles. The van der Waals surface area contributed by atoms with E-state index in [0.29, 0.717) is 49.9 Å². The summed E-state index contributed by atoms with van der Waals surface area (Å²) in [5.41, 5.74) is 2.59. The Hall–Kier alpha value is -1.38. The average molecular weight is 523 g/mol. The lowest BCUT2D eigenvalue weighted by atomic mass is 10.1. The van der Waals surface area contributed by atoms with Crippen LogP contribution in [0.1, 0.15) is 5.56 Å². The van der Waals surface area contributed by atoms with Gasteiger partial charge >= 0.3 is 0 Å². The highest BCUT2D eigenvalue weighted by Gasteiger charge is 2.37. The second kappa shape index (κ2) is 8.52. The van der Waals surface area contributed by atoms with Crippen molar-refractivity contribution in [1.82, 2.24) is 4.90 Å². The molecule has 0 aliphatic carbocycles. The fraction of sp³-hybridized carbons (Fsp3) is 0.350. The summed E-state index contributed by atoms with van der Waals surface area (Å²) in [6.45, 7) is 2.31. The fourth-order valence-corrected chi connectivity index (χ4v) is 6.17. The minimum Gasteiger partial charge on any atom is -0.368 e. The molecule has 0 bridgehead atoms. The van der Waals surface area contributed by atoms with Gasteiger partial charge in [-0.1, -0.05) is 58.5 Å². The quantitative estimate of drug-likeness (QED) is 0.569. The molecule has 2 aliphatic rings. The number of hydrogen-bond acceptors (Lipinski definition) is 4. The second-order valence-corrected chi connectivity index (χ2v) is 11.9. The number of carbonyl (C=O) groups is 1. The molecule has 0 N–H and O–H groups in total. The predicted octanol–water partition coefficient (Wildman–Crippen LogP) is 4.11. The number of halogens is 4. The zero-order chi connectivity index (χ0) is 22.4. The fourth-order valence-electron chi connectivity index (χ4n) is 4.02. The number of piperazine rings is 1. The van der Waals surface area contributed by atoms with Gasteiger partial charge in [0.15, 0.2) is 0 Å². The Morgan fingerprint density at radius 3 is 2.19 bits per heavy atom. The van der Waals surface area contributed by atoms with Gasteiger partial charge in [0.1, 0.15) is 0 Å². The summed E-state index contributed by atoms with van der Waals surface area (Å²) in [6.07, 6.45) is 0.596. The Morgan fingerprint density at radius 1 is 0.903 bits per heavy atom. The Balaban J connectivity index is 1.57. The molecular weight excluding hydrogens is 504 g/mol. The molecule has 1 fully saturated rings. The Morgan fingerprint density at radius 2 is 1.55 bits per heavy atom. The van der Waals surface area contributed by atoms with Crippen LogP contribution in [-0.2, 0) is 21.2 Å². The van der Waals surface area contributed by atoms with Crippen LogP contribution >= 0.6 is 46.4 Å². The van der Waals surface area contributed by atoms with E-state index in [4.69, 9.17) is 46.4 Å². The van der Waals surface area contributed by atoms with Gasteiger partial charge in [-0.2, -0.15) is 0 Å². The Labute approximate surface area is 201 Å². The molecule has 0 radical (unpaired) electrons. The lowest BCUT2D eigenvalue weighted by Gasteiger charge is -2.38. The van der Waals surface area contributed by atoms with E-state index in [2.05, 4.69) is 4.90 Å². The largest absolute Gasteiger partial charge is 0.368 e. The molecule has 2 heterocycles. The van der Waals surface area contributed by atoms with Gasteiger partial charge < -0.3 is 9.80 Å². The van der Waals surface area contributed by atoms with Crippen molar-refractivity contribution in [3.8, 4) is 0 Å². The van der Waals surface area contributed by atoms with E-state index in [1.165, 1.54) is 15.3 Å². The molecule has 0 saturated carbocycles. The van der Waals surface area contributed by atoms with E-state index in [1.807, 2.05) is 18.2 Å². The highest BCUT2D eigenvalue weighted by molar-refractivity contribution is 7.92. The van der Waals surface area contributed by atoms with Gasteiger partial charge in [0, 0.05) is 49.0 Å². The van der Waals surface area contributed by atoms with Crippen molar-refractivity contribution in [1.29, 1.82) is 0 Å². The summed E-state index contributed by atoms with van der Waals surface area (Å²) < 4.78 is 25.9. The number of hydrogen-bond donors (Lipinski definition) is 0. The van der Waals surface area contributed by atoms with Crippen molar-refractivity contribution >= 4 is 73.7 Å². The summed E-state index contributed by atoms with van der Waals surface area (Å²) in [5.74, 6) is -0.533. The molecule has 11 heteroatoms. The third-order valence-electron chi connectivity index (χ3n) is 5.49. The average Bonchev–Trinajstić information content (AvgIpc) is 3.18.